The van der Waals surface area contributed by atoms with E-state index in [-0.39, 0.29) is 18.0 Å². The lowest BCUT2D eigenvalue weighted by molar-refractivity contribution is -0.132. The minimum Gasteiger partial charge on any atom is -0.478 e. The lowest BCUT2D eigenvalue weighted by atomic mass is 10.1. The Morgan fingerprint density at radius 3 is 2.31 bits per heavy atom. The van der Waals surface area contributed by atoms with E-state index < -0.39 is 17.7 Å². The molecule has 0 aromatic carbocycles. The van der Waals surface area contributed by atoms with E-state index >= 15 is 0 Å². The number of carboxylic acids is 1. The molecule has 0 aromatic rings. The molecule has 0 aromatic heterocycles. The maximum atomic E-state index is 11.3. The molecule has 0 saturated carbocycles. The summed E-state index contributed by atoms with van der Waals surface area (Å²) in [6.45, 7) is 10.3. The molecule has 2 N–H and O–H groups in total. The normalized spacial score (nSPS) is 12.8. The number of rotatable bonds is 4. The van der Waals surface area contributed by atoms with Crippen LogP contribution in [0.2, 0.25) is 0 Å². The number of carbonyl (C=O) groups excluding carboxylic acids is 1. The molecule has 1 atom stereocenters. The quantitative estimate of drug-likeness (QED) is 0.722. The smallest absolute Gasteiger partial charge is 0.407 e. The second-order valence-electron chi connectivity index (χ2n) is 4.66. The van der Waals surface area contributed by atoms with Gasteiger partial charge in [0.15, 0.2) is 0 Å². The number of alkyl carbamates (subject to hydrolysis) is 1. The second-order valence-corrected chi connectivity index (χ2v) is 4.66. The van der Waals surface area contributed by atoms with Gasteiger partial charge in [-0.1, -0.05) is 6.58 Å². The summed E-state index contributed by atoms with van der Waals surface area (Å²) in [7, 11) is 0. The predicted octanol–water partition coefficient (Wildman–Crippen LogP) is 1.93. The van der Waals surface area contributed by atoms with Gasteiger partial charge in [0, 0.05) is 11.6 Å². The zero-order valence-corrected chi connectivity index (χ0v) is 10.2. The summed E-state index contributed by atoms with van der Waals surface area (Å²) in [6, 6.07) is -0.321. The molecule has 5 nitrogen and oxygen atoms in total. The average molecular weight is 229 g/mol. The number of amides is 1. The maximum absolute atomic E-state index is 11.3. The van der Waals surface area contributed by atoms with Gasteiger partial charge in [-0.05, 0) is 34.1 Å². The van der Waals surface area contributed by atoms with Crippen LogP contribution in [0.3, 0.4) is 0 Å². The van der Waals surface area contributed by atoms with Crippen LogP contribution in [0.4, 0.5) is 4.79 Å². The number of carboxylic acid groups (broad SMARTS) is 1. The summed E-state index contributed by atoms with van der Waals surface area (Å²) < 4.78 is 5.02. The Morgan fingerprint density at radius 1 is 1.44 bits per heavy atom. The van der Waals surface area contributed by atoms with Gasteiger partial charge in [0.05, 0.1) is 0 Å². The Labute approximate surface area is 95.5 Å². The molecular weight excluding hydrogens is 210 g/mol. The standard InChI is InChI=1S/C11H19NO4/c1-7(9(13)14)6-8(2)12-10(15)16-11(3,4)5/h8H,1,6H2,2-5H3,(H,12,15)(H,13,14)/t8-/m0/s1. The zero-order valence-electron chi connectivity index (χ0n) is 10.2. The van der Waals surface area contributed by atoms with E-state index in [9.17, 15) is 9.59 Å². The van der Waals surface area contributed by atoms with Gasteiger partial charge in [-0.3, -0.25) is 0 Å². The third-order valence-corrected chi connectivity index (χ3v) is 1.62. The molecule has 0 fully saturated rings. The first-order chi connectivity index (χ1) is 7.11. The van der Waals surface area contributed by atoms with Crippen molar-refractivity contribution in [3.63, 3.8) is 0 Å². The largest absolute Gasteiger partial charge is 0.478 e. The highest BCUT2D eigenvalue weighted by molar-refractivity contribution is 5.85. The molecule has 0 unspecified atom stereocenters. The molecular formula is C11H19NO4. The van der Waals surface area contributed by atoms with Gasteiger partial charge < -0.3 is 15.2 Å². The molecule has 0 aliphatic rings. The Kier molecular flexibility index (Phi) is 5.01. The molecule has 92 valence electrons. The second kappa shape index (κ2) is 5.53. The number of ether oxygens (including phenoxy) is 1. The fourth-order valence-corrected chi connectivity index (χ4v) is 1.02. The van der Waals surface area contributed by atoms with Gasteiger partial charge in [0.1, 0.15) is 5.60 Å². The van der Waals surface area contributed by atoms with Gasteiger partial charge in [-0.25, -0.2) is 9.59 Å². The van der Waals surface area contributed by atoms with E-state index in [1.165, 1.54) is 0 Å². The molecule has 1 amide bonds. The van der Waals surface area contributed by atoms with E-state index in [4.69, 9.17) is 9.84 Å². The number of carbonyl (C=O) groups is 2. The number of nitrogens with one attached hydrogen (secondary N) is 1. The molecule has 0 aliphatic carbocycles. The number of hydrogen-bond donors (Lipinski definition) is 2. The van der Waals surface area contributed by atoms with Crippen LogP contribution in [0.1, 0.15) is 34.1 Å². The third kappa shape index (κ3) is 6.86. The highest BCUT2D eigenvalue weighted by Gasteiger charge is 2.18. The SMILES string of the molecule is C=C(C[C@H](C)NC(=O)OC(C)(C)C)C(=O)O. The van der Waals surface area contributed by atoms with Crippen molar-refractivity contribution in [2.75, 3.05) is 0 Å². The minimum atomic E-state index is -1.06. The number of aliphatic carboxylic acids is 1. The van der Waals surface area contributed by atoms with Crippen molar-refractivity contribution in [2.24, 2.45) is 0 Å². The van der Waals surface area contributed by atoms with Crippen molar-refractivity contribution >= 4 is 12.1 Å². The molecule has 0 spiro atoms. The van der Waals surface area contributed by atoms with Gasteiger partial charge >= 0.3 is 12.1 Å². The molecule has 16 heavy (non-hydrogen) atoms. The van der Waals surface area contributed by atoms with E-state index in [0.29, 0.717) is 0 Å². The highest BCUT2D eigenvalue weighted by atomic mass is 16.6. The van der Waals surface area contributed by atoms with Crippen LogP contribution in [0.5, 0.6) is 0 Å². The van der Waals surface area contributed by atoms with Crippen LogP contribution in [-0.2, 0) is 9.53 Å². The fourth-order valence-electron chi connectivity index (χ4n) is 1.02. The Bertz CT molecular complexity index is 291. The van der Waals surface area contributed by atoms with Crippen LogP contribution < -0.4 is 5.32 Å². The van der Waals surface area contributed by atoms with Crippen molar-refractivity contribution in [3.05, 3.63) is 12.2 Å². The first kappa shape index (κ1) is 14.5. The summed E-state index contributed by atoms with van der Waals surface area (Å²) in [5.41, 5.74) is -0.503. The van der Waals surface area contributed by atoms with Crippen molar-refractivity contribution < 1.29 is 19.4 Å². The lowest BCUT2D eigenvalue weighted by Crippen LogP contribution is -2.38. The molecule has 0 aliphatic heterocycles. The Balaban J connectivity index is 4.06. The van der Waals surface area contributed by atoms with E-state index in [0.717, 1.165) is 0 Å². The van der Waals surface area contributed by atoms with Crippen LogP contribution in [0.15, 0.2) is 12.2 Å². The molecule has 0 saturated heterocycles. The van der Waals surface area contributed by atoms with Crippen molar-refractivity contribution in [1.29, 1.82) is 0 Å². The number of hydrogen-bond acceptors (Lipinski definition) is 3. The van der Waals surface area contributed by atoms with Crippen LogP contribution >= 0.6 is 0 Å². The first-order valence-corrected chi connectivity index (χ1v) is 5.02. The predicted molar refractivity (Wildman–Crippen MR) is 60.2 cm³/mol. The van der Waals surface area contributed by atoms with Gasteiger partial charge in [0.2, 0.25) is 0 Å². The van der Waals surface area contributed by atoms with Crippen molar-refractivity contribution in [1.82, 2.24) is 5.32 Å². The van der Waals surface area contributed by atoms with Crippen LogP contribution in [-0.4, -0.2) is 28.8 Å². The van der Waals surface area contributed by atoms with E-state index in [1.54, 1.807) is 27.7 Å². The Morgan fingerprint density at radius 2 is 1.94 bits per heavy atom. The first-order valence-electron chi connectivity index (χ1n) is 5.02. The van der Waals surface area contributed by atoms with Crippen molar-refractivity contribution in [3.8, 4) is 0 Å². The van der Waals surface area contributed by atoms with Gasteiger partial charge in [-0.2, -0.15) is 0 Å². The molecule has 0 radical (unpaired) electrons. The summed E-state index contributed by atoms with van der Waals surface area (Å²) in [5.74, 6) is -1.06. The van der Waals surface area contributed by atoms with Crippen LogP contribution in [0.25, 0.3) is 0 Å². The minimum absolute atomic E-state index is 0.0589. The summed E-state index contributed by atoms with van der Waals surface area (Å²) in [6.07, 6.45) is -0.368. The van der Waals surface area contributed by atoms with Crippen LogP contribution in [0, 0.1) is 0 Å². The molecule has 0 bridgehead atoms. The maximum Gasteiger partial charge on any atom is 0.407 e. The highest BCUT2D eigenvalue weighted by Crippen LogP contribution is 2.08. The van der Waals surface area contributed by atoms with Gasteiger partial charge in [0.25, 0.3) is 0 Å². The Hall–Kier alpha value is -1.52. The third-order valence-electron chi connectivity index (χ3n) is 1.62. The topological polar surface area (TPSA) is 75.6 Å². The zero-order chi connectivity index (χ0) is 12.9. The summed E-state index contributed by atoms with van der Waals surface area (Å²) in [4.78, 5) is 21.8. The molecule has 0 heterocycles. The monoisotopic (exact) mass is 229 g/mol. The molecule has 5 heteroatoms. The lowest BCUT2D eigenvalue weighted by Gasteiger charge is -2.21. The average Bonchev–Trinajstić information content (AvgIpc) is 1.98. The summed E-state index contributed by atoms with van der Waals surface area (Å²) >= 11 is 0. The van der Waals surface area contributed by atoms with Gasteiger partial charge in [-0.15, -0.1) is 0 Å². The fraction of sp³-hybridized carbons (Fsp3) is 0.636. The van der Waals surface area contributed by atoms with E-state index in [2.05, 4.69) is 11.9 Å². The molecule has 0 rings (SSSR count). The summed E-state index contributed by atoms with van der Waals surface area (Å²) in [5, 5.41) is 11.1. The van der Waals surface area contributed by atoms with Crippen molar-refractivity contribution in [2.45, 2.75) is 45.8 Å². The van der Waals surface area contributed by atoms with E-state index in [1.807, 2.05) is 0 Å².